The van der Waals surface area contributed by atoms with Crippen molar-refractivity contribution < 1.29 is 14.9 Å². The molecule has 5 heteroatoms. The molecule has 2 aromatic rings. The molecular weight excluding hydrogens is 328 g/mol. The largest absolute Gasteiger partial charge is 0.494 e. The molecule has 2 N–H and O–H groups in total. The maximum absolute atomic E-state index is 10.5. The van der Waals surface area contributed by atoms with Crippen LogP contribution in [0.1, 0.15) is 63.9 Å². The molecule has 140 valence electrons. The molecule has 0 aliphatic heterocycles. The van der Waals surface area contributed by atoms with Crippen LogP contribution in [0.4, 0.5) is 0 Å². The minimum absolute atomic E-state index is 0.0969. The highest BCUT2D eigenvalue weighted by Gasteiger charge is 2.28. The Balaban J connectivity index is 1.78. The Morgan fingerprint density at radius 3 is 2.12 bits per heavy atom. The van der Waals surface area contributed by atoms with Crippen LogP contribution in [0.25, 0.3) is 11.4 Å². The third kappa shape index (κ3) is 4.09. The summed E-state index contributed by atoms with van der Waals surface area (Å²) in [6.07, 6.45) is 6.69. The van der Waals surface area contributed by atoms with Gasteiger partial charge in [-0.05, 0) is 68.7 Å². The Kier molecular flexibility index (Phi) is 5.96. The highest BCUT2D eigenvalue weighted by Crippen LogP contribution is 2.43. The van der Waals surface area contributed by atoms with Gasteiger partial charge >= 0.3 is 0 Å². The summed E-state index contributed by atoms with van der Waals surface area (Å²) in [5.74, 6) is 1.80. The first-order chi connectivity index (χ1) is 12.6. The van der Waals surface area contributed by atoms with Crippen LogP contribution in [0, 0.1) is 5.92 Å². The van der Waals surface area contributed by atoms with E-state index in [1.165, 1.54) is 12.8 Å². The van der Waals surface area contributed by atoms with Gasteiger partial charge < -0.3 is 14.9 Å². The van der Waals surface area contributed by atoms with Crippen LogP contribution < -0.4 is 4.74 Å². The Morgan fingerprint density at radius 2 is 1.58 bits per heavy atom. The SMILES string of the molecule is CCC[C@H]1CC[C@H](c2c(O)nc(-c3ccc(OCC)cc3)nc2O)CC1. The van der Waals surface area contributed by atoms with Crippen molar-refractivity contribution in [2.75, 3.05) is 6.61 Å². The van der Waals surface area contributed by atoms with Gasteiger partial charge in [-0.25, -0.2) is 0 Å². The molecule has 0 amide bonds. The normalized spacial score (nSPS) is 20.1. The molecule has 1 fully saturated rings. The van der Waals surface area contributed by atoms with Crippen molar-refractivity contribution in [3.8, 4) is 28.9 Å². The minimum atomic E-state index is -0.0969. The van der Waals surface area contributed by atoms with Crippen molar-refractivity contribution in [2.24, 2.45) is 5.92 Å². The molecule has 1 aromatic carbocycles. The second-order valence-electron chi connectivity index (χ2n) is 7.07. The molecule has 5 nitrogen and oxygen atoms in total. The van der Waals surface area contributed by atoms with Crippen LogP contribution in [-0.2, 0) is 0 Å². The predicted octanol–water partition coefficient (Wildman–Crippen LogP) is 5.03. The maximum Gasteiger partial charge on any atom is 0.221 e. The van der Waals surface area contributed by atoms with E-state index in [1.54, 1.807) is 0 Å². The van der Waals surface area contributed by atoms with E-state index in [0.29, 0.717) is 18.0 Å². The first kappa shape index (κ1) is 18.5. The smallest absolute Gasteiger partial charge is 0.221 e. The summed E-state index contributed by atoms with van der Waals surface area (Å²) in [6, 6.07) is 7.32. The summed E-state index contributed by atoms with van der Waals surface area (Å²) in [7, 11) is 0. The molecule has 0 saturated heterocycles. The predicted molar refractivity (Wildman–Crippen MR) is 102 cm³/mol. The summed E-state index contributed by atoms with van der Waals surface area (Å²) in [5, 5.41) is 20.9. The number of rotatable bonds is 6. The molecule has 0 bridgehead atoms. The van der Waals surface area contributed by atoms with Crippen molar-refractivity contribution in [1.29, 1.82) is 0 Å². The second-order valence-corrected chi connectivity index (χ2v) is 7.07. The lowest BCUT2D eigenvalue weighted by molar-refractivity contribution is 0.295. The highest BCUT2D eigenvalue weighted by atomic mass is 16.5. The van der Waals surface area contributed by atoms with Gasteiger partial charge in [0.1, 0.15) is 5.75 Å². The zero-order valence-corrected chi connectivity index (χ0v) is 15.6. The molecule has 0 spiro atoms. The van der Waals surface area contributed by atoms with Gasteiger partial charge in [-0.15, -0.1) is 0 Å². The Bertz CT molecular complexity index is 700. The van der Waals surface area contributed by atoms with Crippen LogP contribution >= 0.6 is 0 Å². The number of ether oxygens (including phenoxy) is 1. The number of benzene rings is 1. The van der Waals surface area contributed by atoms with Gasteiger partial charge in [0, 0.05) is 5.56 Å². The van der Waals surface area contributed by atoms with Crippen LogP contribution in [0.15, 0.2) is 24.3 Å². The molecule has 1 aliphatic carbocycles. The van der Waals surface area contributed by atoms with Crippen molar-refractivity contribution in [1.82, 2.24) is 9.97 Å². The molecule has 0 unspecified atom stereocenters. The van der Waals surface area contributed by atoms with E-state index in [2.05, 4.69) is 16.9 Å². The van der Waals surface area contributed by atoms with Gasteiger partial charge in [0.05, 0.1) is 12.2 Å². The fourth-order valence-corrected chi connectivity index (χ4v) is 3.96. The van der Waals surface area contributed by atoms with Crippen LogP contribution in [-0.4, -0.2) is 26.8 Å². The van der Waals surface area contributed by atoms with Gasteiger partial charge in [0.15, 0.2) is 5.82 Å². The van der Waals surface area contributed by atoms with Crippen LogP contribution in [0.3, 0.4) is 0 Å². The fraction of sp³-hybridized carbons (Fsp3) is 0.524. The Hall–Kier alpha value is -2.30. The quantitative estimate of drug-likeness (QED) is 0.759. The lowest BCUT2D eigenvalue weighted by Gasteiger charge is -2.28. The van der Waals surface area contributed by atoms with Crippen molar-refractivity contribution in [3.05, 3.63) is 29.8 Å². The fourth-order valence-electron chi connectivity index (χ4n) is 3.96. The molecular formula is C21H28N2O3. The lowest BCUT2D eigenvalue weighted by atomic mass is 9.77. The van der Waals surface area contributed by atoms with E-state index >= 15 is 0 Å². The average Bonchev–Trinajstić information content (AvgIpc) is 2.64. The van der Waals surface area contributed by atoms with Crippen molar-refractivity contribution in [2.45, 2.75) is 58.3 Å². The highest BCUT2D eigenvalue weighted by molar-refractivity contribution is 5.58. The van der Waals surface area contributed by atoms with Gasteiger partial charge in [-0.3, -0.25) is 0 Å². The van der Waals surface area contributed by atoms with Crippen LogP contribution in [0.2, 0.25) is 0 Å². The molecule has 26 heavy (non-hydrogen) atoms. The third-order valence-corrected chi connectivity index (χ3v) is 5.28. The molecule has 1 aliphatic rings. The van der Waals surface area contributed by atoms with E-state index in [1.807, 2.05) is 31.2 Å². The van der Waals surface area contributed by atoms with E-state index in [0.717, 1.165) is 42.9 Å². The van der Waals surface area contributed by atoms with Gasteiger partial charge in [0.2, 0.25) is 11.8 Å². The first-order valence-electron chi connectivity index (χ1n) is 9.65. The molecule has 1 saturated carbocycles. The summed E-state index contributed by atoms with van der Waals surface area (Å²) in [6.45, 7) is 4.76. The molecule has 3 rings (SSSR count). The van der Waals surface area contributed by atoms with E-state index in [4.69, 9.17) is 4.74 Å². The molecule has 1 aromatic heterocycles. The summed E-state index contributed by atoms with van der Waals surface area (Å²) in [5.41, 5.74) is 1.24. The zero-order valence-electron chi connectivity index (χ0n) is 15.6. The first-order valence-corrected chi connectivity index (χ1v) is 9.65. The average molecular weight is 356 g/mol. The maximum atomic E-state index is 10.5. The summed E-state index contributed by atoms with van der Waals surface area (Å²) >= 11 is 0. The van der Waals surface area contributed by atoms with Gasteiger partial charge in [0.25, 0.3) is 0 Å². The summed E-state index contributed by atoms with van der Waals surface area (Å²) < 4.78 is 5.43. The second kappa shape index (κ2) is 8.39. The number of hydrogen-bond acceptors (Lipinski definition) is 5. The monoisotopic (exact) mass is 356 g/mol. The third-order valence-electron chi connectivity index (χ3n) is 5.28. The summed E-state index contributed by atoms with van der Waals surface area (Å²) in [4.78, 5) is 8.51. The van der Waals surface area contributed by atoms with Gasteiger partial charge in [-0.2, -0.15) is 9.97 Å². The van der Waals surface area contributed by atoms with Crippen molar-refractivity contribution in [3.63, 3.8) is 0 Å². The van der Waals surface area contributed by atoms with Gasteiger partial charge in [-0.1, -0.05) is 19.8 Å². The number of aromatic nitrogens is 2. The number of aromatic hydroxyl groups is 2. The Morgan fingerprint density at radius 1 is 0.962 bits per heavy atom. The van der Waals surface area contributed by atoms with E-state index in [-0.39, 0.29) is 17.7 Å². The lowest BCUT2D eigenvalue weighted by Crippen LogP contribution is -2.14. The van der Waals surface area contributed by atoms with Crippen LogP contribution in [0.5, 0.6) is 17.5 Å². The number of hydrogen-bond donors (Lipinski definition) is 2. The van der Waals surface area contributed by atoms with E-state index < -0.39 is 0 Å². The zero-order chi connectivity index (χ0) is 18.5. The molecule has 0 atom stereocenters. The standard InChI is InChI=1S/C21H28N2O3/c1-3-5-14-6-8-15(9-7-14)18-20(24)22-19(23-21(18)25)16-10-12-17(13-11-16)26-4-2/h10-15H,3-9H2,1-2H3,(H2,22,23,24,25)/t14-,15-. The number of nitrogens with zero attached hydrogens (tertiary/aromatic N) is 2. The molecule has 0 radical (unpaired) electrons. The molecule has 1 heterocycles. The Labute approximate surface area is 155 Å². The minimum Gasteiger partial charge on any atom is -0.494 e. The topological polar surface area (TPSA) is 75.5 Å². The van der Waals surface area contributed by atoms with Crippen molar-refractivity contribution >= 4 is 0 Å². The van der Waals surface area contributed by atoms with E-state index in [9.17, 15) is 10.2 Å².